The number of ether oxygens (including phenoxy) is 4. The van der Waals surface area contributed by atoms with E-state index in [2.05, 4.69) is 15.3 Å². The first-order chi connectivity index (χ1) is 16.0. The Morgan fingerprint density at radius 3 is 2.64 bits per heavy atom. The monoisotopic (exact) mass is 471 g/mol. The number of carbonyl (C=O) groups is 1. The van der Waals surface area contributed by atoms with Crippen LogP contribution in [0.3, 0.4) is 0 Å². The first-order valence-electron chi connectivity index (χ1n) is 9.93. The fraction of sp³-hybridized carbons (Fsp3) is 0.261. The molecule has 2 heterocycles. The van der Waals surface area contributed by atoms with Crippen LogP contribution in [0.25, 0.3) is 0 Å². The Bertz CT molecular complexity index is 1120. The molecular formula is C23H25N3O6S. The van der Waals surface area contributed by atoms with Crippen LogP contribution in [0.2, 0.25) is 0 Å². The summed E-state index contributed by atoms with van der Waals surface area (Å²) < 4.78 is 33.9. The number of rotatable bonds is 11. The molecule has 33 heavy (non-hydrogen) atoms. The molecule has 3 rings (SSSR count). The van der Waals surface area contributed by atoms with Crippen molar-refractivity contribution < 1.29 is 28.0 Å². The van der Waals surface area contributed by atoms with Crippen molar-refractivity contribution in [3.8, 4) is 11.5 Å². The highest BCUT2D eigenvalue weighted by Gasteiger charge is 2.19. The molecule has 1 N–H and O–H groups in total. The number of nitrogens with zero attached hydrogens (tertiary/aromatic N) is 2. The molecule has 0 spiro atoms. The second kappa shape index (κ2) is 12.0. The zero-order valence-corrected chi connectivity index (χ0v) is 19.4. The Morgan fingerprint density at radius 2 is 1.88 bits per heavy atom. The van der Waals surface area contributed by atoms with Gasteiger partial charge in [-0.05, 0) is 30.3 Å². The summed E-state index contributed by atoms with van der Waals surface area (Å²) in [7, 11) is 3.03. The van der Waals surface area contributed by atoms with Gasteiger partial charge in [-0.1, -0.05) is 6.07 Å². The summed E-state index contributed by atoms with van der Waals surface area (Å²) in [4.78, 5) is 21.4. The number of benzene rings is 1. The van der Waals surface area contributed by atoms with Gasteiger partial charge < -0.3 is 24.3 Å². The Hall–Kier alpha value is -3.34. The topological polar surface area (TPSA) is 109 Å². The summed E-state index contributed by atoms with van der Waals surface area (Å²) in [6.07, 6.45) is 3.08. The van der Waals surface area contributed by atoms with Crippen LogP contribution in [-0.4, -0.2) is 48.2 Å². The van der Waals surface area contributed by atoms with Crippen LogP contribution in [0.1, 0.15) is 21.6 Å². The number of carbonyl (C=O) groups excluding carboxylic acids is 1. The minimum atomic E-state index is -1.59. The highest BCUT2D eigenvalue weighted by atomic mass is 32.2. The third kappa shape index (κ3) is 6.58. The summed E-state index contributed by atoms with van der Waals surface area (Å²) in [6, 6.07) is 11.8. The lowest BCUT2D eigenvalue weighted by Crippen LogP contribution is -2.16. The van der Waals surface area contributed by atoms with E-state index in [1.54, 1.807) is 55.8 Å². The summed E-state index contributed by atoms with van der Waals surface area (Å²) in [6.45, 7) is 0.380. The molecule has 1 aromatic carbocycles. The molecule has 9 nitrogen and oxygen atoms in total. The van der Waals surface area contributed by atoms with E-state index in [4.69, 9.17) is 18.9 Å². The van der Waals surface area contributed by atoms with Gasteiger partial charge in [0.05, 0.1) is 48.6 Å². The van der Waals surface area contributed by atoms with Crippen LogP contribution in [-0.2, 0) is 32.6 Å². The van der Waals surface area contributed by atoms with Crippen molar-refractivity contribution in [2.24, 2.45) is 0 Å². The van der Waals surface area contributed by atoms with Gasteiger partial charge in [0.25, 0.3) is 5.91 Å². The molecule has 174 valence electrons. The molecule has 0 aliphatic rings. The van der Waals surface area contributed by atoms with Crippen LogP contribution in [0.4, 0.5) is 5.69 Å². The maximum Gasteiger partial charge on any atom is 0.258 e. The number of aromatic nitrogens is 2. The van der Waals surface area contributed by atoms with Crippen molar-refractivity contribution in [3.05, 3.63) is 71.7 Å². The fourth-order valence-electron chi connectivity index (χ4n) is 2.99. The number of nitrogens with one attached hydrogen (secondary N) is 1. The first-order valence-corrected chi connectivity index (χ1v) is 11.2. The van der Waals surface area contributed by atoms with E-state index in [1.165, 1.54) is 20.4 Å². The number of anilines is 1. The van der Waals surface area contributed by atoms with Crippen LogP contribution in [0, 0.1) is 0 Å². The van der Waals surface area contributed by atoms with Gasteiger partial charge in [-0.15, -0.1) is 0 Å². The van der Waals surface area contributed by atoms with Crippen molar-refractivity contribution in [2.75, 3.05) is 33.4 Å². The third-order valence-corrected chi connectivity index (χ3v) is 5.87. The lowest BCUT2D eigenvalue weighted by Gasteiger charge is -2.12. The van der Waals surface area contributed by atoms with E-state index in [0.29, 0.717) is 28.4 Å². The number of hydrogen-bond donors (Lipinski definition) is 1. The van der Waals surface area contributed by atoms with Crippen molar-refractivity contribution in [3.63, 3.8) is 0 Å². The van der Waals surface area contributed by atoms with E-state index >= 15 is 0 Å². The highest BCUT2D eigenvalue weighted by molar-refractivity contribution is 7.84. The van der Waals surface area contributed by atoms with Crippen LogP contribution >= 0.6 is 0 Å². The number of pyridine rings is 2. The van der Waals surface area contributed by atoms with Crippen LogP contribution in [0.5, 0.6) is 11.5 Å². The molecule has 0 saturated heterocycles. The van der Waals surface area contributed by atoms with Crippen LogP contribution in [0.15, 0.2) is 59.9 Å². The lowest BCUT2D eigenvalue weighted by atomic mass is 10.2. The average Bonchev–Trinajstić information content (AvgIpc) is 2.84. The smallest absolute Gasteiger partial charge is 0.258 e. The molecule has 0 radical (unpaired) electrons. The standard InChI is InChI=1S/C23H25N3O6S/c1-29-15-32-13-18-11-17(8-10-24-18)26-22(27)20-5-4-9-25-23(20)33(28)14-16-6-7-19(30-2)12-21(16)31-3/h4-12H,13-15H2,1-3H3,(H,24,26,27). The summed E-state index contributed by atoms with van der Waals surface area (Å²) in [5, 5.41) is 2.99. The lowest BCUT2D eigenvalue weighted by molar-refractivity contribution is -0.0400. The van der Waals surface area contributed by atoms with Gasteiger partial charge >= 0.3 is 0 Å². The average molecular weight is 472 g/mol. The van der Waals surface area contributed by atoms with Gasteiger partial charge in [0.15, 0.2) is 0 Å². The Kier molecular flexibility index (Phi) is 8.87. The molecule has 0 bridgehead atoms. The molecule has 0 fully saturated rings. The van der Waals surface area contributed by atoms with E-state index in [1.807, 2.05) is 0 Å². The SMILES string of the molecule is COCOCc1cc(NC(=O)c2cccnc2S(=O)Cc2ccc(OC)cc2OC)ccn1. The van der Waals surface area contributed by atoms with Crippen molar-refractivity contribution in [1.29, 1.82) is 0 Å². The minimum Gasteiger partial charge on any atom is -0.497 e. The maximum absolute atomic E-state index is 13.2. The molecule has 0 aliphatic heterocycles. The zero-order valence-electron chi connectivity index (χ0n) is 18.6. The van der Waals surface area contributed by atoms with Crippen molar-refractivity contribution in [1.82, 2.24) is 9.97 Å². The summed E-state index contributed by atoms with van der Waals surface area (Å²) >= 11 is 0. The van der Waals surface area contributed by atoms with E-state index < -0.39 is 16.7 Å². The zero-order chi connectivity index (χ0) is 23.6. The van der Waals surface area contributed by atoms with Gasteiger partial charge in [0, 0.05) is 36.8 Å². The molecule has 10 heteroatoms. The molecule has 0 aliphatic carbocycles. The summed E-state index contributed by atoms with van der Waals surface area (Å²) in [5.41, 5.74) is 2.09. The minimum absolute atomic E-state index is 0.126. The maximum atomic E-state index is 13.2. The third-order valence-electron chi connectivity index (χ3n) is 4.54. The van der Waals surface area contributed by atoms with Gasteiger partial charge in [-0.2, -0.15) is 0 Å². The molecule has 0 saturated carbocycles. The summed E-state index contributed by atoms with van der Waals surface area (Å²) in [5.74, 6) is 0.872. The first kappa shape index (κ1) is 24.3. The van der Waals surface area contributed by atoms with Gasteiger partial charge in [0.2, 0.25) is 0 Å². The largest absolute Gasteiger partial charge is 0.497 e. The number of amides is 1. The van der Waals surface area contributed by atoms with Crippen molar-refractivity contribution >= 4 is 22.4 Å². The van der Waals surface area contributed by atoms with E-state index in [0.717, 1.165) is 0 Å². The molecule has 1 atom stereocenters. The van der Waals surface area contributed by atoms with Gasteiger partial charge in [-0.3, -0.25) is 14.0 Å². The quantitative estimate of drug-likeness (QED) is 0.336. The second-order valence-electron chi connectivity index (χ2n) is 6.77. The van der Waals surface area contributed by atoms with E-state index in [9.17, 15) is 9.00 Å². The van der Waals surface area contributed by atoms with Gasteiger partial charge in [-0.25, -0.2) is 4.98 Å². The molecule has 3 aromatic rings. The predicted octanol–water partition coefficient (Wildman–Crippen LogP) is 3.17. The molecular weight excluding hydrogens is 446 g/mol. The van der Waals surface area contributed by atoms with Crippen LogP contribution < -0.4 is 14.8 Å². The Balaban J connectivity index is 1.77. The van der Waals surface area contributed by atoms with E-state index in [-0.39, 0.29) is 29.7 Å². The number of methoxy groups -OCH3 is 3. The molecule has 1 amide bonds. The van der Waals surface area contributed by atoms with Crippen molar-refractivity contribution in [2.45, 2.75) is 17.4 Å². The number of hydrogen-bond acceptors (Lipinski definition) is 8. The molecule has 1 unspecified atom stereocenters. The molecule has 2 aromatic heterocycles. The Morgan fingerprint density at radius 1 is 1.03 bits per heavy atom. The Labute approximate surface area is 194 Å². The fourth-order valence-corrected chi connectivity index (χ4v) is 4.23. The second-order valence-corrected chi connectivity index (χ2v) is 8.14. The normalized spacial score (nSPS) is 11.6. The highest BCUT2D eigenvalue weighted by Crippen LogP contribution is 2.27. The predicted molar refractivity (Wildman–Crippen MR) is 123 cm³/mol. The van der Waals surface area contributed by atoms with Gasteiger partial charge in [0.1, 0.15) is 23.3 Å².